The van der Waals surface area contributed by atoms with Crippen molar-refractivity contribution in [3.8, 4) is 16.8 Å². The summed E-state index contributed by atoms with van der Waals surface area (Å²) in [4.78, 5) is 2.74. The molecule has 0 spiro atoms. The standard InChI is InChI=1S/C60H47BN2S3/c1-58(2,3)32-16-18-33(19-17-32)63-48-26-43-40-24-44-45(60(6,7)23-22-59(44,4)5)30-54(40)66-53(43)28-38(48)36-20-21-37-39-29-52-41(34-12-8-10-14-50(34)64-52)25-47(39)62-49-27-42-35-13-9-11-15-51(35)65-55(42)31-46(49)61(63)56(36)57(37)62/h8-21,24-31H,22-23H2,1-7H3. The molecule has 12 aromatic rings. The number of benzene rings is 8. The first kappa shape index (κ1) is 38.2. The van der Waals surface area contributed by atoms with Crippen molar-refractivity contribution >= 4 is 145 Å². The van der Waals surface area contributed by atoms with Gasteiger partial charge in [0, 0.05) is 93.9 Å². The molecular formula is C60H47BN2S3. The molecule has 0 amide bonds. The molecule has 1 aliphatic carbocycles. The maximum atomic E-state index is 2.74. The predicted molar refractivity (Wildman–Crippen MR) is 292 cm³/mol. The van der Waals surface area contributed by atoms with Crippen LogP contribution in [0.1, 0.15) is 78.0 Å². The Bertz CT molecular complexity index is 4170. The molecule has 0 unspecified atom stereocenters. The van der Waals surface area contributed by atoms with Crippen LogP contribution in [0.4, 0.5) is 11.4 Å². The van der Waals surface area contributed by atoms with E-state index in [0.29, 0.717) is 0 Å². The largest absolute Gasteiger partial charge is 0.376 e. The highest BCUT2D eigenvalue weighted by atomic mass is 32.1. The van der Waals surface area contributed by atoms with E-state index in [-0.39, 0.29) is 23.1 Å². The van der Waals surface area contributed by atoms with E-state index in [0.717, 1.165) is 0 Å². The quantitative estimate of drug-likeness (QED) is 0.149. The maximum Gasteiger partial charge on any atom is 0.333 e. The van der Waals surface area contributed by atoms with E-state index >= 15 is 0 Å². The Labute approximate surface area is 396 Å². The second kappa shape index (κ2) is 12.5. The number of fused-ring (bicyclic) bond motifs is 18. The van der Waals surface area contributed by atoms with Crippen LogP contribution >= 0.6 is 34.0 Å². The molecule has 0 bridgehead atoms. The van der Waals surface area contributed by atoms with E-state index in [1.54, 1.807) is 0 Å². The number of anilines is 2. The average molecular weight is 903 g/mol. The van der Waals surface area contributed by atoms with Crippen LogP contribution in [0.5, 0.6) is 0 Å². The van der Waals surface area contributed by atoms with Crippen molar-refractivity contribution in [1.82, 2.24) is 4.57 Å². The Kier molecular flexibility index (Phi) is 7.26. The highest BCUT2D eigenvalue weighted by molar-refractivity contribution is 7.26. The summed E-state index contributed by atoms with van der Waals surface area (Å²) in [7, 11) is 0. The van der Waals surface area contributed by atoms with Gasteiger partial charge in [-0.3, -0.25) is 0 Å². The second-order valence-electron chi connectivity index (χ2n) is 21.9. The van der Waals surface area contributed by atoms with Gasteiger partial charge < -0.3 is 9.38 Å². The molecule has 3 aliphatic rings. The first-order chi connectivity index (χ1) is 31.8. The van der Waals surface area contributed by atoms with Gasteiger partial charge in [-0.25, -0.2) is 0 Å². The van der Waals surface area contributed by atoms with Gasteiger partial charge in [0.25, 0.3) is 0 Å². The van der Waals surface area contributed by atoms with Gasteiger partial charge in [0.2, 0.25) is 0 Å². The Hall–Kier alpha value is -5.92. The molecule has 2 aliphatic heterocycles. The zero-order valence-corrected chi connectivity index (χ0v) is 40.8. The number of hydrogen-bond donors (Lipinski definition) is 0. The van der Waals surface area contributed by atoms with Crippen molar-refractivity contribution in [3.05, 3.63) is 150 Å². The number of thiophene rings is 3. The molecule has 66 heavy (non-hydrogen) atoms. The second-order valence-corrected chi connectivity index (χ2v) is 25.2. The van der Waals surface area contributed by atoms with E-state index < -0.39 is 0 Å². The van der Waals surface area contributed by atoms with E-state index in [2.05, 4.69) is 191 Å². The van der Waals surface area contributed by atoms with Crippen molar-refractivity contribution in [3.63, 3.8) is 0 Å². The molecular weight excluding hydrogens is 856 g/mol. The third-order valence-electron chi connectivity index (χ3n) is 16.2. The van der Waals surface area contributed by atoms with Crippen molar-refractivity contribution in [1.29, 1.82) is 0 Å². The fourth-order valence-electron chi connectivity index (χ4n) is 12.6. The summed E-state index contributed by atoms with van der Waals surface area (Å²) in [6, 6.07) is 52.9. The van der Waals surface area contributed by atoms with Crippen molar-refractivity contribution in [2.45, 2.75) is 77.6 Å². The summed E-state index contributed by atoms with van der Waals surface area (Å²) in [6.45, 7) is 16.8. The highest BCUT2D eigenvalue weighted by Crippen LogP contribution is 2.53. The topological polar surface area (TPSA) is 8.17 Å². The van der Waals surface area contributed by atoms with Gasteiger partial charge in [-0.15, -0.1) is 34.0 Å². The smallest absolute Gasteiger partial charge is 0.333 e. The summed E-state index contributed by atoms with van der Waals surface area (Å²) in [5.74, 6) is 0. The van der Waals surface area contributed by atoms with E-state index in [4.69, 9.17) is 0 Å². The molecule has 0 saturated heterocycles. The zero-order valence-electron chi connectivity index (χ0n) is 38.3. The summed E-state index contributed by atoms with van der Waals surface area (Å²) < 4.78 is 10.8. The lowest BCUT2D eigenvalue weighted by Crippen LogP contribution is -2.60. The van der Waals surface area contributed by atoms with E-state index in [1.807, 2.05) is 34.0 Å². The molecule has 6 heteroatoms. The van der Waals surface area contributed by atoms with Gasteiger partial charge in [-0.1, -0.05) is 109 Å². The molecule has 8 aromatic carbocycles. The number of nitrogens with zero attached hydrogens (tertiary/aromatic N) is 2. The zero-order chi connectivity index (χ0) is 44.3. The lowest BCUT2D eigenvalue weighted by molar-refractivity contribution is 0.332. The van der Waals surface area contributed by atoms with Crippen LogP contribution < -0.4 is 15.7 Å². The van der Waals surface area contributed by atoms with Crippen LogP contribution in [0.25, 0.3) is 99.1 Å². The number of hydrogen-bond acceptors (Lipinski definition) is 4. The van der Waals surface area contributed by atoms with Crippen molar-refractivity contribution < 1.29 is 0 Å². The monoisotopic (exact) mass is 902 g/mol. The number of rotatable bonds is 1. The average Bonchev–Trinajstić information content (AvgIpc) is 4.05. The lowest BCUT2D eigenvalue weighted by atomic mass is 9.44. The van der Waals surface area contributed by atoms with Gasteiger partial charge in [-0.2, -0.15) is 0 Å². The van der Waals surface area contributed by atoms with Gasteiger partial charge in [0.05, 0.1) is 11.0 Å². The number of aromatic nitrogens is 1. The van der Waals surface area contributed by atoms with Crippen LogP contribution in [0.2, 0.25) is 0 Å². The molecule has 0 atom stereocenters. The lowest BCUT2D eigenvalue weighted by Gasteiger charge is -2.42. The molecule has 2 nitrogen and oxygen atoms in total. The van der Waals surface area contributed by atoms with Crippen LogP contribution in [0.15, 0.2) is 133 Å². The summed E-state index contributed by atoms with van der Waals surface area (Å²) in [5, 5.41) is 10.8. The predicted octanol–water partition coefficient (Wildman–Crippen LogP) is 16.8. The fourth-order valence-corrected chi connectivity index (χ4v) is 16.0. The Morgan fingerprint density at radius 3 is 1.77 bits per heavy atom. The molecule has 0 N–H and O–H groups in total. The Morgan fingerprint density at radius 1 is 0.485 bits per heavy atom. The maximum absolute atomic E-state index is 2.74. The van der Waals surface area contributed by atoms with E-state index in [1.165, 1.54) is 151 Å². The van der Waals surface area contributed by atoms with Gasteiger partial charge in [0.1, 0.15) is 0 Å². The normalized spacial score (nSPS) is 16.2. The molecule has 318 valence electrons. The minimum absolute atomic E-state index is 0.0462. The first-order valence-corrected chi connectivity index (χ1v) is 26.1. The fraction of sp³-hybridized carbons (Fsp3) is 0.200. The van der Waals surface area contributed by atoms with Gasteiger partial charge >= 0.3 is 6.85 Å². The minimum atomic E-state index is -0.0464. The molecule has 0 saturated carbocycles. The summed E-state index contributed by atoms with van der Waals surface area (Å²) >= 11 is 5.83. The molecule has 0 fully saturated rings. The van der Waals surface area contributed by atoms with Crippen molar-refractivity contribution in [2.75, 3.05) is 4.81 Å². The summed E-state index contributed by atoms with van der Waals surface area (Å²) in [5.41, 5.74) is 16.6. The SMILES string of the molecule is CC(C)(C)c1ccc(N2B3c4cc5sc6ccccc6c5cc4-n4c5cc6c(cc5c5ccc(c3c54)-c3cc4sc5cc7c(cc5c4cc32)C(C)(C)CCC7(C)C)sc2ccccc26)cc1. The van der Waals surface area contributed by atoms with Crippen LogP contribution in [0, 0.1) is 0 Å². The molecule has 0 radical (unpaired) electrons. The van der Waals surface area contributed by atoms with Crippen LogP contribution in [-0.4, -0.2) is 11.4 Å². The first-order valence-electron chi connectivity index (χ1n) is 23.6. The van der Waals surface area contributed by atoms with Gasteiger partial charge in [0.15, 0.2) is 0 Å². The summed E-state index contributed by atoms with van der Waals surface area (Å²) in [6.07, 6.45) is 2.42. The molecule has 6 heterocycles. The van der Waals surface area contributed by atoms with E-state index in [9.17, 15) is 0 Å². The molecule has 4 aromatic heterocycles. The third kappa shape index (κ3) is 4.92. The molecule has 15 rings (SSSR count). The van der Waals surface area contributed by atoms with Gasteiger partial charge in [-0.05, 0) is 135 Å². The Balaban J connectivity index is 1.10. The van der Waals surface area contributed by atoms with Crippen LogP contribution in [0.3, 0.4) is 0 Å². The highest BCUT2D eigenvalue weighted by Gasteiger charge is 2.45. The Morgan fingerprint density at radius 2 is 1.06 bits per heavy atom. The third-order valence-corrected chi connectivity index (χ3v) is 19.6. The van der Waals surface area contributed by atoms with Crippen molar-refractivity contribution in [2.24, 2.45) is 0 Å². The van der Waals surface area contributed by atoms with Crippen LogP contribution in [-0.2, 0) is 16.2 Å². The minimum Gasteiger partial charge on any atom is -0.376 e.